The topological polar surface area (TPSA) is 75.4 Å². The molecule has 1 amide bonds. The number of carbonyl (C=O) groups excluding carboxylic acids is 1. The third-order valence-corrected chi connectivity index (χ3v) is 5.92. The van der Waals surface area contributed by atoms with Crippen LogP contribution in [0.5, 0.6) is 0 Å². The smallest absolute Gasteiger partial charge is 0.308 e. The van der Waals surface area contributed by atoms with Gasteiger partial charge in [0.25, 0.3) is 0 Å². The predicted octanol–water partition coefficient (Wildman–Crippen LogP) is 2.66. The fourth-order valence-corrected chi connectivity index (χ4v) is 4.31. The summed E-state index contributed by atoms with van der Waals surface area (Å²) in [4.78, 5) is 26.0. The lowest BCUT2D eigenvalue weighted by Gasteiger charge is -2.16. The van der Waals surface area contributed by atoms with E-state index in [0.717, 1.165) is 36.3 Å². The van der Waals surface area contributed by atoms with Gasteiger partial charge in [0, 0.05) is 31.7 Å². The summed E-state index contributed by atoms with van der Waals surface area (Å²) in [5.74, 6) is 0.123. The van der Waals surface area contributed by atoms with Crippen molar-refractivity contribution in [3.8, 4) is 0 Å². The lowest BCUT2D eigenvalue weighted by molar-refractivity contribution is -0.142. The third kappa shape index (κ3) is 3.94. The maximum atomic E-state index is 12.7. The Balaban J connectivity index is 1.61. The second-order valence-corrected chi connectivity index (χ2v) is 8.47. The zero-order chi connectivity index (χ0) is 19.0. The number of aryl methyl sites for hydroxylation is 1. The van der Waals surface area contributed by atoms with Crippen LogP contribution in [0.25, 0.3) is 0 Å². The Kier molecular flexibility index (Phi) is 5.39. The van der Waals surface area contributed by atoms with Crippen molar-refractivity contribution in [3.63, 3.8) is 0 Å². The van der Waals surface area contributed by atoms with E-state index in [4.69, 9.17) is 0 Å². The summed E-state index contributed by atoms with van der Waals surface area (Å²) in [6, 6.07) is 0. The van der Waals surface area contributed by atoms with Crippen molar-refractivity contribution in [2.24, 2.45) is 23.7 Å². The minimum atomic E-state index is -0.751. The molecular formula is C20H31N3O3. The molecule has 6 nitrogen and oxygen atoms in total. The van der Waals surface area contributed by atoms with E-state index in [1.54, 1.807) is 4.90 Å². The molecule has 1 aromatic rings. The number of likely N-dealkylation sites (tertiary alicyclic amines) is 1. The molecule has 0 aromatic carbocycles. The third-order valence-electron chi connectivity index (χ3n) is 5.92. The zero-order valence-corrected chi connectivity index (χ0v) is 16.4. The van der Waals surface area contributed by atoms with Crippen LogP contribution in [-0.4, -0.2) is 44.8 Å². The van der Waals surface area contributed by atoms with Gasteiger partial charge in [0.15, 0.2) is 0 Å². The van der Waals surface area contributed by atoms with Crippen molar-refractivity contribution in [1.29, 1.82) is 0 Å². The van der Waals surface area contributed by atoms with Crippen molar-refractivity contribution in [2.75, 3.05) is 13.1 Å². The van der Waals surface area contributed by atoms with E-state index in [1.807, 2.05) is 11.6 Å². The largest absolute Gasteiger partial charge is 0.481 e. The highest BCUT2D eigenvalue weighted by Gasteiger charge is 2.46. The van der Waals surface area contributed by atoms with Crippen LogP contribution >= 0.6 is 0 Å². The van der Waals surface area contributed by atoms with Crippen LogP contribution < -0.4 is 0 Å². The quantitative estimate of drug-likeness (QED) is 0.810. The van der Waals surface area contributed by atoms with Gasteiger partial charge in [0.1, 0.15) is 0 Å². The standard InChI is InChI=1S/C20H31N3O3/c1-12(2)9-23-14(4)16(13(3)21-23)7-8-19(24)22-10-17(15-5-6-15)18(11-22)20(25)26/h12,15,17-18H,5-11H2,1-4H3,(H,25,26)/t17-,18+/m1/s1. The Bertz CT molecular complexity index is 691. The lowest BCUT2D eigenvalue weighted by Crippen LogP contribution is -2.30. The van der Waals surface area contributed by atoms with Crippen LogP contribution in [0, 0.1) is 37.5 Å². The molecule has 1 aliphatic carbocycles. The monoisotopic (exact) mass is 361 g/mol. The number of nitrogens with zero attached hydrogens (tertiary/aromatic N) is 3. The van der Waals surface area contributed by atoms with Gasteiger partial charge in [-0.3, -0.25) is 14.3 Å². The lowest BCUT2D eigenvalue weighted by atomic mass is 9.92. The summed E-state index contributed by atoms with van der Waals surface area (Å²) in [5.41, 5.74) is 3.30. The molecule has 2 fully saturated rings. The minimum Gasteiger partial charge on any atom is -0.481 e. The van der Waals surface area contributed by atoms with Crippen molar-refractivity contribution in [2.45, 2.75) is 59.9 Å². The molecule has 1 N–H and O–H groups in total. The van der Waals surface area contributed by atoms with E-state index in [2.05, 4.69) is 25.9 Å². The first kappa shape index (κ1) is 18.9. The van der Waals surface area contributed by atoms with Crippen LogP contribution in [0.15, 0.2) is 0 Å². The Hall–Kier alpha value is -1.85. The molecule has 0 unspecified atom stereocenters. The molecular weight excluding hydrogens is 330 g/mol. The van der Waals surface area contributed by atoms with E-state index >= 15 is 0 Å². The number of hydrogen-bond donors (Lipinski definition) is 1. The van der Waals surface area contributed by atoms with Gasteiger partial charge in [-0.15, -0.1) is 0 Å². The molecule has 6 heteroatoms. The Morgan fingerprint density at radius 3 is 2.50 bits per heavy atom. The van der Waals surface area contributed by atoms with Gasteiger partial charge >= 0.3 is 5.97 Å². The van der Waals surface area contributed by atoms with Crippen LogP contribution in [-0.2, 0) is 22.6 Å². The molecule has 1 aromatic heterocycles. The van der Waals surface area contributed by atoms with Gasteiger partial charge in [-0.2, -0.15) is 5.10 Å². The Labute approximate surface area is 155 Å². The SMILES string of the molecule is Cc1nn(CC(C)C)c(C)c1CCC(=O)N1C[C@H](C(=O)O)[C@@H](C2CC2)C1. The van der Waals surface area contributed by atoms with E-state index in [9.17, 15) is 14.7 Å². The summed E-state index contributed by atoms with van der Waals surface area (Å²) in [7, 11) is 0. The van der Waals surface area contributed by atoms with Gasteiger partial charge in [-0.05, 0) is 56.4 Å². The van der Waals surface area contributed by atoms with Crippen molar-refractivity contribution in [1.82, 2.24) is 14.7 Å². The number of carboxylic acids is 1. The summed E-state index contributed by atoms with van der Waals surface area (Å²) in [5, 5.41) is 14.1. The van der Waals surface area contributed by atoms with Crippen LogP contribution in [0.2, 0.25) is 0 Å². The molecule has 1 aliphatic heterocycles. The number of rotatable bonds is 7. The molecule has 26 heavy (non-hydrogen) atoms. The number of carbonyl (C=O) groups is 2. The first-order valence-corrected chi connectivity index (χ1v) is 9.81. The normalized spacial score (nSPS) is 23.0. The fourth-order valence-electron chi connectivity index (χ4n) is 4.31. The second kappa shape index (κ2) is 7.41. The van der Waals surface area contributed by atoms with Gasteiger partial charge in [-0.25, -0.2) is 0 Å². The minimum absolute atomic E-state index is 0.0785. The van der Waals surface area contributed by atoms with Crippen LogP contribution in [0.4, 0.5) is 0 Å². The Morgan fingerprint density at radius 1 is 1.23 bits per heavy atom. The predicted molar refractivity (Wildman–Crippen MR) is 98.8 cm³/mol. The highest BCUT2D eigenvalue weighted by Crippen LogP contribution is 2.44. The molecule has 3 rings (SSSR count). The molecule has 1 saturated carbocycles. The maximum Gasteiger partial charge on any atom is 0.308 e. The first-order valence-electron chi connectivity index (χ1n) is 9.81. The van der Waals surface area contributed by atoms with Crippen molar-refractivity contribution >= 4 is 11.9 Å². The van der Waals surface area contributed by atoms with E-state index < -0.39 is 5.97 Å². The summed E-state index contributed by atoms with van der Waals surface area (Å²) >= 11 is 0. The summed E-state index contributed by atoms with van der Waals surface area (Å²) in [6.07, 6.45) is 3.34. The van der Waals surface area contributed by atoms with Gasteiger partial charge in [-0.1, -0.05) is 13.8 Å². The van der Waals surface area contributed by atoms with E-state index in [1.165, 1.54) is 0 Å². The van der Waals surface area contributed by atoms with E-state index in [-0.39, 0.29) is 17.7 Å². The molecule has 0 bridgehead atoms. The zero-order valence-electron chi connectivity index (χ0n) is 16.4. The van der Waals surface area contributed by atoms with Gasteiger partial charge in [0.2, 0.25) is 5.91 Å². The van der Waals surface area contributed by atoms with E-state index in [0.29, 0.717) is 37.8 Å². The number of hydrogen-bond acceptors (Lipinski definition) is 3. The molecule has 2 aliphatic rings. The van der Waals surface area contributed by atoms with Crippen LogP contribution in [0.3, 0.4) is 0 Å². The van der Waals surface area contributed by atoms with Gasteiger partial charge in [0.05, 0.1) is 11.6 Å². The number of aliphatic carboxylic acids is 1. The van der Waals surface area contributed by atoms with Crippen molar-refractivity contribution < 1.29 is 14.7 Å². The molecule has 1 saturated heterocycles. The maximum absolute atomic E-state index is 12.7. The van der Waals surface area contributed by atoms with Crippen LogP contribution in [0.1, 0.15) is 50.1 Å². The van der Waals surface area contributed by atoms with Gasteiger partial charge < -0.3 is 10.0 Å². The molecule has 0 spiro atoms. The number of aromatic nitrogens is 2. The second-order valence-electron chi connectivity index (χ2n) is 8.47. The molecule has 144 valence electrons. The average molecular weight is 361 g/mol. The highest BCUT2D eigenvalue weighted by atomic mass is 16.4. The molecule has 2 heterocycles. The Morgan fingerprint density at radius 2 is 1.92 bits per heavy atom. The first-order chi connectivity index (χ1) is 12.3. The summed E-state index contributed by atoms with van der Waals surface area (Å²) < 4.78 is 2.04. The molecule has 2 atom stereocenters. The highest BCUT2D eigenvalue weighted by molar-refractivity contribution is 5.79. The molecule has 0 radical (unpaired) electrons. The number of amides is 1. The summed E-state index contributed by atoms with van der Waals surface area (Å²) in [6.45, 7) is 10.3. The fraction of sp³-hybridized carbons (Fsp3) is 0.750. The number of carboxylic acid groups (broad SMARTS) is 1. The van der Waals surface area contributed by atoms with Crippen molar-refractivity contribution in [3.05, 3.63) is 17.0 Å². The average Bonchev–Trinajstić information content (AvgIpc) is 3.25.